The first-order chi connectivity index (χ1) is 21.2. The largest absolute Gasteiger partial charge is 0.388 e. The minimum absolute atomic E-state index is 0.125. The summed E-state index contributed by atoms with van der Waals surface area (Å²) in [7, 11) is 6.05. The third kappa shape index (κ3) is 5.07. The topological polar surface area (TPSA) is 104 Å². The molecule has 3 N–H and O–H groups in total. The van der Waals surface area contributed by atoms with Gasteiger partial charge in [0, 0.05) is 64.9 Å². The number of benzene rings is 4. The Balaban J connectivity index is 1.08. The zero-order chi connectivity index (χ0) is 31.0. The number of ketones is 4. The van der Waals surface area contributed by atoms with Gasteiger partial charge >= 0.3 is 0 Å². The summed E-state index contributed by atoms with van der Waals surface area (Å²) in [5.74, 6) is -0.557. The van der Waals surface area contributed by atoms with E-state index in [2.05, 4.69) is 30.0 Å². The predicted molar refractivity (Wildman–Crippen MR) is 172 cm³/mol. The molecule has 0 aliphatic heterocycles. The summed E-state index contributed by atoms with van der Waals surface area (Å²) in [6.07, 6.45) is 0.832. The molecule has 4 aromatic rings. The number of quaternary nitrogens is 1. The van der Waals surface area contributed by atoms with Gasteiger partial charge in [-0.15, -0.1) is 0 Å². The molecule has 0 fully saturated rings. The lowest BCUT2D eigenvalue weighted by atomic mass is 9.82. The highest BCUT2D eigenvalue weighted by Gasteiger charge is 2.34. The van der Waals surface area contributed by atoms with Gasteiger partial charge in [-0.25, -0.2) is 0 Å². The highest BCUT2D eigenvalue weighted by Crippen LogP contribution is 2.36. The average Bonchev–Trinajstić information content (AvgIpc) is 3.04. The van der Waals surface area contributed by atoms with Crippen LogP contribution in [-0.4, -0.2) is 74.9 Å². The fraction of sp³-hybridized carbons (Fsp3) is 0.222. The second-order valence-electron chi connectivity index (χ2n) is 11.9. The third-order valence-electron chi connectivity index (χ3n) is 8.59. The van der Waals surface area contributed by atoms with E-state index in [4.69, 9.17) is 0 Å². The Labute approximate surface area is 256 Å². The van der Waals surface area contributed by atoms with E-state index in [0.717, 1.165) is 24.0 Å². The maximum Gasteiger partial charge on any atom is 0.196 e. The Kier molecular flexibility index (Phi) is 7.61. The molecule has 0 unspecified atom stereocenters. The molecule has 2 aliphatic rings. The molecule has 0 saturated heterocycles. The van der Waals surface area contributed by atoms with Crippen molar-refractivity contribution >= 4 is 40.2 Å². The number of hydrogen-bond acceptors (Lipinski definition) is 7. The third-order valence-corrected chi connectivity index (χ3v) is 8.59. The molecule has 6 rings (SSSR count). The Morgan fingerprint density at radius 1 is 0.500 bits per heavy atom. The predicted octanol–water partition coefficient (Wildman–Crippen LogP) is 5.27. The Hall–Kier alpha value is -5.08. The Morgan fingerprint density at radius 3 is 1.59 bits per heavy atom. The van der Waals surface area contributed by atoms with Crippen LogP contribution < -0.4 is 16.0 Å². The van der Waals surface area contributed by atoms with Crippen molar-refractivity contribution in [1.29, 1.82) is 0 Å². The van der Waals surface area contributed by atoms with Crippen LogP contribution in [0.4, 0.5) is 17.1 Å². The Morgan fingerprint density at radius 2 is 0.977 bits per heavy atom. The van der Waals surface area contributed by atoms with Crippen molar-refractivity contribution in [1.82, 2.24) is 0 Å². The van der Waals surface area contributed by atoms with Gasteiger partial charge in [0.15, 0.2) is 23.1 Å². The molecular weight excluding hydrogens is 552 g/mol. The Bertz CT molecular complexity index is 1840. The van der Waals surface area contributed by atoms with Crippen molar-refractivity contribution in [2.75, 3.05) is 63.3 Å². The monoisotopic (exact) mass is 587 g/mol. The minimum atomic E-state index is -0.150. The number of nitrogens with zero attached hydrogens (tertiary/aromatic N) is 1. The summed E-state index contributed by atoms with van der Waals surface area (Å²) in [5, 5.41) is 9.89. The summed E-state index contributed by atoms with van der Waals surface area (Å²) in [6.45, 7) is 2.90. The van der Waals surface area contributed by atoms with Gasteiger partial charge in [0.2, 0.25) is 0 Å². The highest BCUT2D eigenvalue weighted by molar-refractivity contribution is 6.32. The van der Waals surface area contributed by atoms with Crippen LogP contribution in [0.3, 0.4) is 0 Å². The molecule has 0 spiro atoms. The highest BCUT2D eigenvalue weighted by atomic mass is 16.1. The van der Waals surface area contributed by atoms with Crippen LogP contribution in [0.15, 0.2) is 78.9 Å². The van der Waals surface area contributed by atoms with Crippen molar-refractivity contribution in [3.8, 4) is 0 Å². The molecule has 0 aromatic heterocycles. The number of nitrogens with one attached hydrogen (secondary N) is 3. The van der Waals surface area contributed by atoms with E-state index in [0.29, 0.717) is 74.7 Å². The minimum Gasteiger partial charge on any atom is -0.388 e. The number of hydrogen-bond donors (Lipinski definition) is 3. The number of fused-ring (bicyclic) bond motifs is 4. The van der Waals surface area contributed by atoms with Crippen molar-refractivity contribution < 1.29 is 23.7 Å². The maximum absolute atomic E-state index is 13.5. The van der Waals surface area contributed by atoms with E-state index in [-0.39, 0.29) is 23.1 Å². The molecule has 0 saturated carbocycles. The fourth-order valence-corrected chi connectivity index (χ4v) is 6.21. The van der Waals surface area contributed by atoms with Crippen LogP contribution in [0.1, 0.15) is 70.1 Å². The molecule has 44 heavy (non-hydrogen) atoms. The lowest BCUT2D eigenvalue weighted by molar-refractivity contribution is -0.888. The van der Waals surface area contributed by atoms with Gasteiger partial charge in [-0.1, -0.05) is 60.7 Å². The van der Waals surface area contributed by atoms with Gasteiger partial charge in [0.05, 0.1) is 50.4 Å². The maximum atomic E-state index is 13.5. The molecule has 4 aromatic carbocycles. The van der Waals surface area contributed by atoms with Crippen LogP contribution >= 0.6 is 0 Å². The van der Waals surface area contributed by atoms with Crippen LogP contribution in [0.25, 0.3) is 0 Å². The summed E-state index contributed by atoms with van der Waals surface area (Å²) in [5.41, 5.74) is 5.44. The second-order valence-corrected chi connectivity index (χ2v) is 11.9. The molecule has 2 aliphatic carbocycles. The van der Waals surface area contributed by atoms with E-state index in [9.17, 15) is 19.2 Å². The first-order valence-corrected chi connectivity index (χ1v) is 14.9. The van der Waals surface area contributed by atoms with Crippen LogP contribution in [-0.2, 0) is 0 Å². The molecule has 222 valence electrons. The smallest absolute Gasteiger partial charge is 0.196 e. The molecule has 0 atom stereocenters. The van der Waals surface area contributed by atoms with Crippen LogP contribution in [0.5, 0.6) is 0 Å². The van der Waals surface area contributed by atoms with Gasteiger partial charge in [0.1, 0.15) is 0 Å². The molecule has 8 nitrogen and oxygen atoms in total. The number of rotatable bonds is 10. The van der Waals surface area contributed by atoms with Gasteiger partial charge in [0.25, 0.3) is 0 Å². The lowest BCUT2D eigenvalue weighted by Gasteiger charge is -2.30. The number of carbonyl (C=O) groups is 4. The average molecular weight is 588 g/mol. The second kappa shape index (κ2) is 11.5. The first-order valence-electron chi connectivity index (χ1n) is 14.9. The number of likely N-dealkylation sites (N-methyl/N-ethyl adjacent to an activating group) is 1. The van der Waals surface area contributed by atoms with E-state index >= 15 is 0 Å². The first kappa shape index (κ1) is 29.0. The SMILES string of the molecule is CNc1ccc(NCCC[N+](C)(C)CCNc2cccc3c2C(=O)c2ccccc2C3=O)c2c1C(=O)c1ccccc1C2=O. The zero-order valence-electron chi connectivity index (χ0n) is 25.1. The van der Waals surface area contributed by atoms with Crippen molar-refractivity contribution in [3.05, 3.63) is 123 Å². The van der Waals surface area contributed by atoms with E-state index in [1.54, 1.807) is 61.6 Å². The van der Waals surface area contributed by atoms with Gasteiger partial charge in [-0.2, -0.15) is 0 Å². The van der Waals surface area contributed by atoms with Gasteiger partial charge in [-0.05, 0) is 18.2 Å². The number of carbonyl (C=O) groups excluding carboxylic acids is 4. The van der Waals surface area contributed by atoms with Crippen LogP contribution in [0, 0.1) is 0 Å². The molecule has 0 heterocycles. The van der Waals surface area contributed by atoms with Gasteiger partial charge < -0.3 is 20.4 Å². The summed E-state index contributed by atoms with van der Waals surface area (Å²) in [4.78, 5) is 53.2. The summed E-state index contributed by atoms with van der Waals surface area (Å²) < 4.78 is 0.723. The normalized spacial score (nSPS) is 13.5. The molecule has 0 radical (unpaired) electrons. The standard InChI is InChI=1S/C36H34N4O4/c1-37-27-16-17-29(32-31(27)35(43)24-12-6-7-13-25(24)36(32)44)38-18-9-20-40(2,3)21-19-39-28-15-8-14-26-30(28)34(42)23-11-5-4-10-22(23)33(26)41/h4-8,10-17H,9,18-21H2,1-3H3,(H2-,37,38,39,41,42,43,44)/p+1. The van der Waals surface area contributed by atoms with Crippen LogP contribution in [0.2, 0.25) is 0 Å². The molecule has 0 amide bonds. The number of anilines is 3. The van der Waals surface area contributed by atoms with E-state index in [1.807, 2.05) is 24.3 Å². The quantitative estimate of drug-likeness (QED) is 0.148. The summed E-state index contributed by atoms with van der Waals surface area (Å²) in [6, 6.07) is 23.0. The summed E-state index contributed by atoms with van der Waals surface area (Å²) >= 11 is 0. The van der Waals surface area contributed by atoms with Crippen molar-refractivity contribution in [2.24, 2.45) is 0 Å². The van der Waals surface area contributed by atoms with E-state index < -0.39 is 0 Å². The fourth-order valence-electron chi connectivity index (χ4n) is 6.21. The van der Waals surface area contributed by atoms with E-state index in [1.165, 1.54) is 0 Å². The molecule has 0 bridgehead atoms. The molecule has 8 heteroatoms. The van der Waals surface area contributed by atoms with Gasteiger partial charge in [-0.3, -0.25) is 19.2 Å². The van der Waals surface area contributed by atoms with Crippen molar-refractivity contribution in [2.45, 2.75) is 6.42 Å². The van der Waals surface area contributed by atoms with Crippen molar-refractivity contribution in [3.63, 3.8) is 0 Å². The molecular formula is C36H35N4O4+. The zero-order valence-corrected chi connectivity index (χ0v) is 25.1. The lowest BCUT2D eigenvalue weighted by Crippen LogP contribution is -2.44.